The Morgan fingerprint density at radius 1 is 1.26 bits per heavy atom. The average molecular weight is 329 g/mol. The van der Waals surface area contributed by atoms with Crippen molar-refractivity contribution in [3.63, 3.8) is 0 Å². The molecular formula is C11H15Cl2FN2O2S. The topological polar surface area (TPSA) is 49.4 Å². The minimum atomic E-state index is -3.77. The number of nitrogens with zero attached hydrogens (tertiary/aromatic N) is 1. The van der Waals surface area contributed by atoms with Crippen molar-refractivity contribution >= 4 is 34.0 Å². The molecule has 8 heteroatoms. The van der Waals surface area contributed by atoms with E-state index in [1.165, 1.54) is 16.4 Å². The highest BCUT2D eigenvalue weighted by atomic mass is 35.5. The van der Waals surface area contributed by atoms with Crippen LogP contribution in [0.4, 0.5) is 4.39 Å². The van der Waals surface area contributed by atoms with E-state index in [2.05, 4.69) is 5.32 Å². The molecule has 1 N–H and O–H groups in total. The zero-order valence-electron chi connectivity index (χ0n) is 10.1. The van der Waals surface area contributed by atoms with Crippen LogP contribution in [-0.4, -0.2) is 38.9 Å². The summed E-state index contributed by atoms with van der Waals surface area (Å²) in [7, 11) is -3.77. The van der Waals surface area contributed by atoms with Crippen LogP contribution in [0.25, 0.3) is 0 Å². The Morgan fingerprint density at radius 2 is 2.00 bits per heavy atom. The van der Waals surface area contributed by atoms with E-state index >= 15 is 0 Å². The van der Waals surface area contributed by atoms with Gasteiger partial charge in [-0.05, 0) is 31.2 Å². The predicted octanol–water partition coefficient (Wildman–Crippen LogP) is 1.88. The van der Waals surface area contributed by atoms with Crippen LogP contribution in [0.2, 0.25) is 5.02 Å². The molecule has 1 saturated heterocycles. The van der Waals surface area contributed by atoms with Gasteiger partial charge in [0.05, 0.1) is 0 Å². The Labute approximate surface area is 123 Å². The van der Waals surface area contributed by atoms with Crippen molar-refractivity contribution in [2.75, 3.05) is 26.2 Å². The fourth-order valence-corrected chi connectivity index (χ4v) is 3.57. The maximum absolute atomic E-state index is 13.7. The van der Waals surface area contributed by atoms with Gasteiger partial charge in [-0.1, -0.05) is 11.6 Å². The second-order valence-corrected chi connectivity index (χ2v) is 6.43. The van der Waals surface area contributed by atoms with Crippen LogP contribution in [0.1, 0.15) is 6.42 Å². The van der Waals surface area contributed by atoms with Gasteiger partial charge in [0, 0.05) is 24.7 Å². The molecule has 108 valence electrons. The zero-order valence-corrected chi connectivity index (χ0v) is 12.5. The Kier molecular flexibility index (Phi) is 6.01. The fourth-order valence-electron chi connectivity index (χ4n) is 1.88. The predicted molar refractivity (Wildman–Crippen MR) is 74.9 cm³/mol. The second kappa shape index (κ2) is 6.85. The largest absolute Gasteiger partial charge is 0.315 e. The molecule has 4 nitrogen and oxygen atoms in total. The van der Waals surface area contributed by atoms with Crippen molar-refractivity contribution in [1.29, 1.82) is 0 Å². The highest BCUT2D eigenvalue weighted by Gasteiger charge is 2.27. The molecule has 0 amide bonds. The lowest BCUT2D eigenvalue weighted by Gasteiger charge is -2.19. The maximum atomic E-state index is 13.7. The van der Waals surface area contributed by atoms with Gasteiger partial charge in [-0.2, -0.15) is 4.31 Å². The molecule has 19 heavy (non-hydrogen) atoms. The summed E-state index contributed by atoms with van der Waals surface area (Å²) < 4.78 is 39.6. The number of rotatable bonds is 2. The van der Waals surface area contributed by atoms with Crippen LogP contribution in [-0.2, 0) is 10.0 Å². The first-order chi connectivity index (χ1) is 8.51. The van der Waals surface area contributed by atoms with Crippen molar-refractivity contribution in [3.05, 3.63) is 29.0 Å². The Balaban J connectivity index is 0.00000180. The molecule has 0 saturated carbocycles. The number of sulfonamides is 1. The SMILES string of the molecule is Cl.O=S(=O)(c1ccc(Cl)cc1F)N1CCCNCC1. The van der Waals surface area contributed by atoms with Gasteiger partial charge in [-0.3, -0.25) is 0 Å². The summed E-state index contributed by atoms with van der Waals surface area (Å²) in [5.41, 5.74) is 0. The van der Waals surface area contributed by atoms with Crippen LogP contribution in [0.15, 0.2) is 23.1 Å². The van der Waals surface area contributed by atoms with Gasteiger partial charge >= 0.3 is 0 Å². The first-order valence-electron chi connectivity index (χ1n) is 5.68. The zero-order chi connectivity index (χ0) is 13.2. The molecule has 1 aromatic carbocycles. The molecule has 1 aliphatic heterocycles. The van der Waals surface area contributed by atoms with E-state index in [1.807, 2.05) is 0 Å². The van der Waals surface area contributed by atoms with E-state index in [0.717, 1.165) is 12.6 Å². The van der Waals surface area contributed by atoms with Gasteiger partial charge < -0.3 is 5.32 Å². The molecule has 1 aromatic rings. The summed E-state index contributed by atoms with van der Waals surface area (Å²) in [5.74, 6) is -0.806. The smallest absolute Gasteiger partial charge is 0.246 e. The number of nitrogens with one attached hydrogen (secondary N) is 1. The lowest BCUT2D eigenvalue weighted by atomic mass is 10.3. The van der Waals surface area contributed by atoms with Gasteiger partial charge in [-0.15, -0.1) is 12.4 Å². The van der Waals surface area contributed by atoms with Crippen LogP contribution in [0, 0.1) is 5.82 Å². The minimum Gasteiger partial charge on any atom is -0.315 e. The van der Waals surface area contributed by atoms with Crippen molar-refractivity contribution in [2.45, 2.75) is 11.3 Å². The average Bonchev–Trinajstić information content (AvgIpc) is 2.57. The molecule has 0 atom stereocenters. The Morgan fingerprint density at radius 3 is 2.68 bits per heavy atom. The third kappa shape index (κ3) is 3.79. The number of halogens is 3. The quantitative estimate of drug-likeness (QED) is 0.901. The summed E-state index contributed by atoms with van der Waals surface area (Å²) >= 11 is 5.62. The number of benzene rings is 1. The molecule has 2 rings (SSSR count). The molecule has 0 aliphatic carbocycles. The lowest BCUT2D eigenvalue weighted by Crippen LogP contribution is -2.34. The first-order valence-corrected chi connectivity index (χ1v) is 7.49. The van der Waals surface area contributed by atoms with Gasteiger partial charge in [0.15, 0.2) is 0 Å². The summed E-state index contributed by atoms with van der Waals surface area (Å²) in [6.45, 7) is 2.10. The van der Waals surface area contributed by atoms with Crippen molar-refractivity contribution < 1.29 is 12.8 Å². The molecule has 1 fully saturated rings. The Bertz CT molecular complexity index is 531. The van der Waals surface area contributed by atoms with Crippen LogP contribution < -0.4 is 5.32 Å². The van der Waals surface area contributed by atoms with E-state index in [1.54, 1.807) is 0 Å². The lowest BCUT2D eigenvalue weighted by molar-refractivity contribution is 0.427. The highest BCUT2D eigenvalue weighted by Crippen LogP contribution is 2.22. The Hall–Kier alpha value is -0.400. The summed E-state index contributed by atoms with van der Waals surface area (Å²) in [6.07, 6.45) is 0.717. The van der Waals surface area contributed by atoms with Gasteiger partial charge in [0.25, 0.3) is 0 Å². The van der Waals surface area contributed by atoms with Gasteiger partial charge in [0.1, 0.15) is 10.7 Å². The second-order valence-electron chi connectivity index (χ2n) is 4.08. The van der Waals surface area contributed by atoms with E-state index in [4.69, 9.17) is 11.6 Å². The number of hydrogen-bond donors (Lipinski definition) is 1. The minimum absolute atomic E-state index is 0. The molecule has 0 spiro atoms. The molecule has 0 bridgehead atoms. The van der Waals surface area contributed by atoms with Crippen LogP contribution in [0.5, 0.6) is 0 Å². The third-order valence-corrected chi connectivity index (χ3v) is 4.98. The molecular weight excluding hydrogens is 314 g/mol. The molecule has 0 unspecified atom stereocenters. The molecule has 1 aliphatic rings. The normalized spacial score (nSPS) is 17.6. The van der Waals surface area contributed by atoms with Crippen molar-refractivity contribution in [2.24, 2.45) is 0 Å². The van der Waals surface area contributed by atoms with Gasteiger partial charge in [0.2, 0.25) is 10.0 Å². The fraction of sp³-hybridized carbons (Fsp3) is 0.455. The standard InChI is InChI=1S/C11H14ClFN2O2S.ClH/c12-9-2-3-11(10(13)8-9)18(16,17)15-6-1-4-14-5-7-15;/h2-3,8,14H,1,4-7H2;1H. The van der Waals surface area contributed by atoms with E-state index in [-0.39, 0.29) is 22.3 Å². The molecule has 0 aromatic heterocycles. The molecule has 1 heterocycles. The monoisotopic (exact) mass is 328 g/mol. The van der Waals surface area contributed by atoms with E-state index < -0.39 is 15.8 Å². The van der Waals surface area contributed by atoms with Gasteiger partial charge in [-0.25, -0.2) is 12.8 Å². The first kappa shape index (κ1) is 16.7. The summed E-state index contributed by atoms with van der Waals surface area (Å²) in [6, 6.07) is 3.61. The molecule has 0 radical (unpaired) electrons. The summed E-state index contributed by atoms with van der Waals surface area (Å²) in [4.78, 5) is -0.311. The van der Waals surface area contributed by atoms with E-state index in [9.17, 15) is 12.8 Å². The van der Waals surface area contributed by atoms with Crippen molar-refractivity contribution in [3.8, 4) is 0 Å². The maximum Gasteiger partial charge on any atom is 0.246 e. The number of hydrogen-bond acceptors (Lipinski definition) is 3. The van der Waals surface area contributed by atoms with E-state index in [0.29, 0.717) is 26.1 Å². The van der Waals surface area contributed by atoms with Crippen LogP contribution in [0.3, 0.4) is 0 Å². The summed E-state index contributed by atoms with van der Waals surface area (Å²) in [5, 5.41) is 3.29. The highest BCUT2D eigenvalue weighted by molar-refractivity contribution is 7.89. The third-order valence-electron chi connectivity index (χ3n) is 2.81. The van der Waals surface area contributed by atoms with Crippen molar-refractivity contribution in [1.82, 2.24) is 9.62 Å². The van der Waals surface area contributed by atoms with Crippen LogP contribution >= 0.6 is 24.0 Å².